The molecule has 0 aliphatic heterocycles. The summed E-state index contributed by atoms with van der Waals surface area (Å²) in [4.78, 5) is 30.7. The molecule has 2 aromatic heterocycles. The minimum Gasteiger partial charge on any atom is -0.208 e. The van der Waals surface area contributed by atoms with Crippen LogP contribution in [0.15, 0.2) is 224 Å². The van der Waals surface area contributed by atoms with Crippen LogP contribution in [-0.2, 0) is 0 Å². The number of nitrogens with zero attached hydrogens (tertiary/aromatic N) is 7. The summed E-state index contributed by atoms with van der Waals surface area (Å²) in [5.41, 5.74) is 11.9. The molecule has 0 aliphatic carbocycles. The molecule has 0 fully saturated rings. The smallest absolute Gasteiger partial charge is 0.164 e. The van der Waals surface area contributed by atoms with Crippen molar-refractivity contribution in [3.05, 3.63) is 230 Å². The number of fused-ring (bicyclic) bond motifs is 1. The fourth-order valence-corrected chi connectivity index (χ4v) is 8.44. The molecule has 7 nitrogen and oxygen atoms in total. The van der Waals surface area contributed by atoms with Gasteiger partial charge in [0.05, 0.1) is 11.6 Å². The molecule has 0 spiro atoms. The van der Waals surface area contributed by atoms with E-state index in [1.165, 1.54) is 0 Å². The van der Waals surface area contributed by atoms with Gasteiger partial charge in [0, 0.05) is 38.8 Å². The Labute approximate surface area is 382 Å². The Kier molecular flexibility index (Phi) is 10.5. The highest BCUT2D eigenvalue weighted by molar-refractivity contribution is 6.00. The second-order valence-electron chi connectivity index (χ2n) is 15.8. The summed E-state index contributed by atoms with van der Waals surface area (Å²) < 4.78 is 0. The molecule has 66 heavy (non-hydrogen) atoms. The van der Waals surface area contributed by atoms with Gasteiger partial charge in [-0.2, -0.15) is 5.26 Å². The SMILES string of the molecule is N#Cc1ccc(-c2cccc(-c3nc(-c4ccccc4)nc(-c4ccc(-c5ccccc5-c5nc(-c6ccccc6)nc(-c6ccccc6)n5)cc4-c4ccccc4)n3)c2)c2ccccc12. The van der Waals surface area contributed by atoms with Gasteiger partial charge in [0.15, 0.2) is 34.9 Å². The number of nitriles is 1. The zero-order chi connectivity index (χ0) is 44.2. The van der Waals surface area contributed by atoms with E-state index in [2.05, 4.69) is 66.7 Å². The zero-order valence-corrected chi connectivity index (χ0v) is 35.5. The molecule has 0 radical (unpaired) electrons. The van der Waals surface area contributed by atoms with Crippen LogP contribution in [0.5, 0.6) is 0 Å². The highest BCUT2D eigenvalue weighted by Gasteiger charge is 2.20. The molecule has 9 aromatic carbocycles. The van der Waals surface area contributed by atoms with Crippen molar-refractivity contribution in [3.63, 3.8) is 0 Å². The molecular formula is C59H37N7. The van der Waals surface area contributed by atoms with Gasteiger partial charge >= 0.3 is 0 Å². The summed E-state index contributed by atoms with van der Waals surface area (Å²) >= 11 is 0. The molecule has 2 heterocycles. The predicted molar refractivity (Wildman–Crippen MR) is 264 cm³/mol. The number of hydrogen-bond acceptors (Lipinski definition) is 7. The topological polar surface area (TPSA) is 101 Å². The molecule has 0 aliphatic rings. The van der Waals surface area contributed by atoms with Gasteiger partial charge in [0.25, 0.3) is 0 Å². The van der Waals surface area contributed by atoms with Crippen LogP contribution >= 0.6 is 0 Å². The minimum absolute atomic E-state index is 0.546. The van der Waals surface area contributed by atoms with Gasteiger partial charge in [0.2, 0.25) is 0 Å². The van der Waals surface area contributed by atoms with Crippen LogP contribution < -0.4 is 0 Å². The molecule has 0 saturated heterocycles. The Morgan fingerprint density at radius 3 is 1.20 bits per heavy atom. The molecule has 11 rings (SSSR count). The van der Waals surface area contributed by atoms with Crippen molar-refractivity contribution in [1.82, 2.24) is 29.9 Å². The molecule has 0 unspecified atom stereocenters. The highest BCUT2D eigenvalue weighted by Crippen LogP contribution is 2.40. The summed E-state index contributed by atoms with van der Waals surface area (Å²) in [5.74, 6) is 3.44. The summed E-state index contributed by atoms with van der Waals surface area (Å²) in [7, 11) is 0. The van der Waals surface area contributed by atoms with Crippen molar-refractivity contribution in [2.45, 2.75) is 0 Å². The largest absolute Gasteiger partial charge is 0.208 e. The van der Waals surface area contributed by atoms with Gasteiger partial charge in [-0.15, -0.1) is 0 Å². The lowest BCUT2D eigenvalue weighted by Crippen LogP contribution is -2.02. The van der Waals surface area contributed by atoms with E-state index in [-0.39, 0.29) is 0 Å². The van der Waals surface area contributed by atoms with E-state index in [9.17, 15) is 5.26 Å². The summed E-state index contributed by atoms with van der Waals surface area (Å²) in [6.45, 7) is 0. The Balaban J connectivity index is 1.07. The molecular weight excluding hydrogens is 807 g/mol. The van der Waals surface area contributed by atoms with Gasteiger partial charge in [-0.3, -0.25) is 0 Å². The van der Waals surface area contributed by atoms with E-state index in [0.717, 1.165) is 77.5 Å². The zero-order valence-electron chi connectivity index (χ0n) is 35.5. The van der Waals surface area contributed by atoms with Crippen LogP contribution in [0.1, 0.15) is 5.56 Å². The quantitative estimate of drug-likeness (QED) is 0.143. The first kappa shape index (κ1) is 39.6. The van der Waals surface area contributed by atoms with Crippen molar-refractivity contribution in [2.75, 3.05) is 0 Å². The first-order valence-corrected chi connectivity index (χ1v) is 21.7. The number of aromatic nitrogens is 6. The fraction of sp³-hybridized carbons (Fsp3) is 0. The van der Waals surface area contributed by atoms with E-state index in [0.29, 0.717) is 40.5 Å². The lowest BCUT2D eigenvalue weighted by Gasteiger charge is -2.16. The maximum atomic E-state index is 9.87. The Morgan fingerprint density at radius 2 is 0.636 bits per heavy atom. The molecule has 0 saturated carbocycles. The number of hydrogen-bond donors (Lipinski definition) is 0. The lowest BCUT2D eigenvalue weighted by molar-refractivity contribution is 1.07. The molecule has 0 N–H and O–H groups in total. The maximum absolute atomic E-state index is 9.87. The third-order valence-corrected chi connectivity index (χ3v) is 11.7. The molecule has 11 aromatic rings. The minimum atomic E-state index is 0.546. The van der Waals surface area contributed by atoms with Crippen LogP contribution in [0.25, 0.3) is 112 Å². The van der Waals surface area contributed by atoms with Gasteiger partial charge in [-0.25, -0.2) is 29.9 Å². The second kappa shape index (κ2) is 17.5. The average molecular weight is 844 g/mol. The lowest BCUT2D eigenvalue weighted by atomic mass is 9.92. The van der Waals surface area contributed by atoms with Crippen molar-refractivity contribution in [1.29, 1.82) is 5.26 Å². The van der Waals surface area contributed by atoms with E-state index in [1.807, 2.05) is 164 Å². The van der Waals surface area contributed by atoms with E-state index in [4.69, 9.17) is 29.9 Å². The average Bonchev–Trinajstić information content (AvgIpc) is 3.41. The third kappa shape index (κ3) is 7.76. The predicted octanol–water partition coefficient (Wildman–Crippen LogP) is 14.1. The number of rotatable bonds is 9. The molecule has 0 amide bonds. The fourth-order valence-electron chi connectivity index (χ4n) is 8.44. The van der Waals surface area contributed by atoms with E-state index < -0.39 is 0 Å². The van der Waals surface area contributed by atoms with Crippen molar-refractivity contribution in [3.8, 4) is 108 Å². The molecule has 7 heteroatoms. The number of benzene rings is 9. The van der Waals surface area contributed by atoms with Gasteiger partial charge in [0.1, 0.15) is 0 Å². The van der Waals surface area contributed by atoms with Gasteiger partial charge in [-0.05, 0) is 63.0 Å². The Morgan fingerprint density at radius 1 is 0.242 bits per heavy atom. The monoisotopic (exact) mass is 843 g/mol. The summed E-state index contributed by atoms with van der Waals surface area (Å²) in [5, 5.41) is 11.8. The normalized spacial score (nSPS) is 11.0. The molecule has 308 valence electrons. The molecule has 0 atom stereocenters. The Bertz CT molecular complexity index is 3530. The van der Waals surface area contributed by atoms with Crippen LogP contribution in [0.3, 0.4) is 0 Å². The summed E-state index contributed by atoms with van der Waals surface area (Å²) in [6.07, 6.45) is 0. The first-order valence-electron chi connectivity index (χ1n) is 21.7. The van der Waals surface area contributed by atoms with Crippen LogP contribution in [0, 0.1) is 11.3 Å². The van der Waals surface area contributed by atoms with E-state index >= 15 is 0 Å². The highest BCUT2D eigenvalue weighted by atomic mass is 15.0. The van der Waals surface area contributed by atoms with Gasteiger partial charge < -0.3 is 0 Å². The van der Waals surface area contributed by atoms with Crippen LogP contribution in [-0.4, -0.2) is 29.9 Å². The van der Waals surface area contributed by atoms with Crippen molar-refractivity contribution < 1.29 is 0 Å². The van der Waals surface area contributed by atoms with Gasteiger partial charge in [-0.1, -0.05) is 200 Å². The van der Waals surface area contributed by atoms with Crippen LogP contribution in [0.2, 0.25) is 0 Å². The van der Waals surface area contributed by atoms with Crippen molar-refractivity contribution >= 4 is 10.8 Å². The Hall–Kier alpha value is -9.25. The van der Waals surface area contributed by atoms with Crippen molar-refractivity contribution in [2.24, 2.45) is 0 Å². The summed E-state index contributed by atoms with van der Waals surface area (Å²) in [6, 6.07) is 77.7. The second-order valence-corrected chi connectivity index (χ2v) is 15.8. The standard InChI is InChI=1S/C59H37N7/c60-38-46-33-34-49(50-30-15-13-29-48(46)50)43-26-17-27-45(36-43)57-62-56(42-24-11-4-12-25-42)65-59(66-57)52-35-32-44(37-53(52)39-18-5-1-6-19-39)47-28-14-16-31-51(47)58-63-54(40-20-7-2-8-21-40)61-55(64-58)41-22-9-3-10-23-41/h1-37H. The maximum Gasteiger partial charge on any atom is 0.164 e. The van der Waals surface area contributed by atoms with Crippen LogP contribution in [0.4, 0.5) is 0 Å². The first-order chi connectivity index (χ1) is 32.7. The van der Waals surface area contributed by atoms with E-state index in [1.54, 1.807) is 0 Å². The third-order valence-electron chi connectivity index (χ3n) is 11.7. The molecule has 0 bridgehead atoms.